The van der Waals surface area contributed by atoms with Crippen molar-refractivity contribution in [2.75, 3.05) is 73.8 Å². The van der Waals surface area contributed by atoms with Crippen molar-refractivity contribution < 1.29 is 0 Å². The van der Waals surface area contributed by atoms with Gasteiger partial charge in [0.25, 0.3) is 0 Å². The van der Waals surface area contributed by atoms with E-state index in [2.05, 4.69) is 90.5 Å². The summed E-state index contributed by atoms with van der Waals surface area (Å²) in [6.07, 6.45) is 14.7. The van der Waals surface area contributed by atoms with E-state index in [0.717, 1.165) is 179 Å². The first-order valence-electron chi connectivity index (χ1n) is 15.9. The SMILES string of the molecule is S=C(CC(CC(=S)N(CCCCS)CCCCS)C(=S)N(CCCCS)CCCCS)N(CCCCS)CCCCS. The van der Waals surface area contributed by atoms with Crippen molar-refractivity contribution in [3.63, 3.8) is 0 Å². The molecule has 0 spiro atoms. The highest BCUT2D eigenvalue weighted by atomic mass is 32.1. The first kappa shape index (κ1) is 43.8. The molecule has 0 atom stereocenters. The fourth-order valence-electron chi connectivity index (χ4n) is 4.73. The molecule has 0 rings (SSSR count). The highest BCUT2D eigenvalue weighted by molar-refractivity contribution is 7.81. The Balaban J connectivity index is 6.01. The van der Waals surface area contributed by atoms with Crippen LogP contribution >= 0.6 is 112 Å². The molecular weight excluding hydrogens is 691 g/mol. The van der Waals surface area contributed by atoms with Crippen LogP contribution in [-0.2, 0) is 0 Å². The average Bonchev–Trinajstić information content (AvgIpc) is 2.98. The Morgan fingerprint density at radius 2 is 0.619 bits per heavy atom. The van der Waals surface area contributed by atoms with E-state index in [4.69, 9.17) is 36.7 Å². The summed E-state index contributed by atoms with van der Waals surface area (Å²) in [5.74, 6) is 5.53. The summed E-state index contributed by atoms with van der Waals surface area (Å²) < 4.78 is 0. The number of unbranched alkanes of at least 4 members (excludes halogenated alkanes) is 6. The molecule has 0 bridgehead atoms. The molecule has 0 aromatic carbocycles. The minimum Gasteiger partial charge on any atom is -0.366 e. The van der Waals surface area contributed by atoms with Crippen LogP contribution in [0.15, 0.2) is 0 Å². The second kappa shape index (κ2) is 31.4. The van der Waals surface area contributed by atoms with Crippen molar-refractivity contribution in [2.24, 2.45) is 5.92 Å². The van der Waals surface area contributed by atoms with Crippen LogP contribution in [0.2, 0.25) is 0 Å². The maximum atomic E-state index is 6.32. The molecule has 248 valence electrons. The summed E-state index contributed by atoms with van der Waals surface area (Å²) in [5.41, 5.74) is 0. The normalized spacial score (nSPS) is 11.2. The molecule has 0 aliphatic rings. The molecule has 42 heavy (non-hydrogen) atoms. The summed E-state index contributed by atoms with van der Waals surface area (Å²) in [7, 11) is 0. The van der Waals surface area contributed by atoms with Crippen molar-refractivity contribution in [3.8, 4) is 0 Å². The second-order valence-corrected chi connectivity index (χ2v) is 14.8. The van der Waals surface area contributed by atoms with Crippen LogP contribution in [0.25, 0.3) is 0 Å². The lowest BCUT2D eigenvalue weighted by molar-refractivity contribution is 0.368. The molecule has 3 nitrogen and oxygen atoms in total. The van der Waals surface area contributed by atoms with Gasteiger partial charge in [0.15, 0.2) is 0 Å². The number of thiocarbonyl (C=S) groups is 3. The molecular formula is C30H59N3S9. The zero-order valence-electron chi connectivity index (χ0n) is 25.7. The van der Waals surface area contributed by atoms with Crippen LogP contribution in [0.3, 0.4) is 0 Å². The highest BCUT2D eigenvalue weighted by Gasteiger charge is 2.26. The van der Waals surface area contributed by atoms with E-state index in [1.165, 1.54) is 0 Å². The Hall–Kier alpha value is 1.77. The zero-order chi connectivity index (χ0) is 31.4. The maximum absolute atomic E-state index is 6.32. The highest BCUT2D eigenvalue weighted by Crippen LogP contribution is 2.22. The Kier molecular flexibility index (Phi) is 32.7. The molecule has 0 fully saturated rings. The summed E-state index contributed by atoms with van der Waals surface area (Å²) in [4.78, 5) is 10.3. The van der Waals surface area contributed by atoms with E-state index in [-0.39, 0.29) is 5.92 Å². The lowest BCUT2D eigenvalue weighted by Gasteiger charge is -2.35. The molecule has 0 aliphatic carbocycles. The van der Waals surface area contributed by atoms with Gasteiger partial charge in [-0.2, -0.15) is 75.8 Å². The van der Waals surface area contributed by atoms with Gasteiger partial charge < -0.3 is 14.7 Å². The van der Waals surface area contributed by atoms with Gasteiger partial charge in [0.1, 0.15) is 0 Å². The van der Waals surface area contributed by atoms with Crippen molar-refractivity contribution in [2.45, 2.75) is 89.9 Å². The lowest BCUT2D eigenvalue weighted by Crippen LogP contribution is -2.42. The Morgan fingerprint density at radius 3 is 0.857 bits per heavy atom. The molecule has 0 unspecified atom stereocenters. The predicted molar refractivity (Wildman–Crippen MR) is 224 cm³/mol. The van der Waals surface area contributed by atoms with E-state index in [1.54, 1.807) is 0 Å². The van der Waals surface area contributed by atoms with E-state index in [0.29, 0.717) is 0 Å². The molecule has 0 amide bonds. The summed E-state index contributed by atoms with van der Waals surface area (Å²) in [6.45, 7) is 5.82. The van der Waals surface area contributed by atoms with Gasteiger partial charge in [-0.15, -0.1) is 0 Å². The van der Waals surface area contributed by atoms with Crippen molar-refractivity contribution in [1.29, 1.82) is 0 Å². The van der Waals surface area contributed by atoms with Crippen molar-refractivity contribution >= 4 is 127 Å². The standard InChI is InChI=1S/C30H59N3S9/c34-19-7-1-13-31(14-2-8-20-35)28(40)25-27(30(42)33(17-5-11-23-38)18-6-12-24-39)26-29(41)32(15-3-9-21-36)16-4-10-22-37/h27,34-39H,1-26H2. The van der Waals surface area contributed by atoms with Gasteiger partial charge in [0, 0.05) is 58.0 Å². The number of hydrogen-bond acceptors (Lipinski definition) is 9. The smallest absolute Gasteiger partial charge is 0.0819 e. The molecule has 0 saturated heterocycles. The summed E-state index contributed by atoms with van der Waals surface area (Å²) in [6, 6.07) is 0. The first-order chi connectivity index (χ1) is 20.4. The lowest BCUT2D eigenvalue weighted by atomic mass is 9.98. The minimum atomic E-state index is 0.113. The first-order valence-corrected chi connectivity index (χ1v) is 20.9. The third-order valence-electron chi connectivity index (χ3n) is 7.23. The van der Waals surface area contributed by atoms with Crippen LogP contribution in [0.5, 0.6) is 0 Å². The van der Waals surface area contributed by atoms with E-state index < -0.39 is 0 Å². The van der Waals surface area contributed by atoms with Gasteiger partial charge in [-0.3, -0.25) is 0 Å². The fraction of sp³-hybridized carbons (Fsp3) is 0.900. The molecule has 0 heterocycles. The molecule has 0 saturated carbocycles. The largest absolute Gasteiger partial charge is 0.366 e. The summed E-state index contributed by atoms with van der Waals surface area (Å²) in [5, 5.41) is 0. The average molecular weight is 750 g/mol. The maximum Gasteiger partial charge on any atom is 0.0819 e. The Labute approximate surface area is 309 Å². The molecule has 12 heteroatoms. The van der Waals surface area contributed by atoms with E-state index in [9.17, 15) is 0 Å². The zero-order valence-corrected chi connectivity index (χ0v) is 33.5. The van der Waals surface area contributed by atoms with Crippen LogP contribution in [0.4, 0.5) is 0 Å². The minimum absolute atomic E-state index is 0.113. The van der Waals surface area contributed by atoms with Gasteiger partial charge in [-0.25, -0.2) is 0 Å². The van der Waals surface area contributed by atoms with E-state index >= 15 is 0 Å². The van der Waals surface area contributed by atoms with Crippen LogP contribution in [-0.4, -0.2) is 103 Å². The second-order valence-electron chi connectivity index (χ2n) is 10.8. The fourth-order valence-corrected chi connectivity index (χ4v) is 7.18. The van der Waals surface area contributed by atoms with Crippen molar-refractivity contribution in [3.05, 3.63) is 0 Å². The molecule has 0 N–H and O–H groups in total. The third-order valence-corrected chi connectivity index (χ3v) is 10.6. The molecule has 0 aliphatic heterocycles. The van der Waals surface area contributed by atoms with Gasteiger partial charge in [0.05, 0.1) is 15.0 Å². The predicted octanol–water partition coefficient (Wildman–Crippen LogP) is 8.53. The summed E-state index contributed by atoms with van der Waals surface area (Å²) >= 11 is 45.3. The van der Waals surface area contributed by atoms with Gasteiger partial charge in [-0.05, 0) is 112 Å². The quantitative estimate of drug-likeness (QED) is 0.0258. The monoisotopic (exact) mass is 749 g/mol. The molecule has 0 aromatic rings. The van der Waals surface area contributed by atoms with Crippen LogP contribution < -0.4 is 0 Å². The topological polar surface area (TPSA) is 9.72 Å². The number of nitrogens with zero attached hydrogens (tertiary/aromatic N) is 3. The van der Waals surface area contributed by atoms with Gasteiger partial charge >= 0.3 is 0 Å². The Morgan fingerprint density at radius 1 is 0.381 bits per heavy atom. The van der Waals surface area contributed by atoms with E-state index in [1.807, 2.05) is 0 Å². The number of thiol groups is 6. The van der Waals surface area contributed by atoms with Crippen LogP contribution in [0.1, 0.15) is 89.9 Å². The third kappa shape index (κ3) is 22.3. The molecule has 0 radical (unpaired) electrons. The van der Waals surface area contributed by atoms with Gasteiger partial charge in [-0.1, -0.05) is 36.7 Å². The number of rotatable bonds is 29. The van der Waals surface area contributed by atoms with Gasteiger partial charge in [0.2, 0.25) is 0 Å². The van der Waals surface area contributed by atoms with Crippen LogP contribution in [0, 0.1) is 5.92 Å². The molecule has 0 aromatic heterocycles. The van der Waals surface area contributed by atoms with Crippen molar-refractivity contribution in [1.82, 2.24) is 14.7 Å². The Bertz CT molecular complexity index is 616. The number of hydrogen-bond donors (Lipinski definition) is 6.